The maximum absolute atomic E-state index is 6.00. The third-order valence-electron chi connectivity index (χ3n) is 4.27. The van der Waals surface area contributed by atoms with E-state index in [2.05, 4.69) is 23.5 Å². The largest absolute Gasteiger partial charge is 0.497 e. The summed E-state index contributed by atoms with van der Waals surface area (Å²) in [5.41, 5.74) is 11.5. The molecule has 4 nitrogen and oxygen atoms in total. The molecule has 0 unspecified atom stereocenters. The standard InChI is InChI=1S/C22H19N3O.ClH/c1-26-18-10-8-17(9-11-18)24-22-14-21(15-5-3-2-4-6-15)25-20-12-7-16(23)13-19(20)22;/h2-14H,23H2,1H3,(H,24,25);1H. The Bertz CT molecular complexity index is 1050. The van der Waals surface area contributed by atoms with Crippen LogP contribution in [-0.4, -0.2) is 12.1 Å². The average molecular weight is 378 g/mol. The minimum atomic E-state index is 0. The Labute approximate surface area is 164 Å². The van der Waals surface area contributed by atoms with Crippen molar-refractivity contribution in [1.82, 2.24) is 4.98 Å². The first-order valence-electron chi connectivity index (χ1n) is 8.40. The molecule has 0 aliphatic carbocycles. The second-order valence-corrected chi connectivity index (χ2v) is 6.05. The molecule has 4 aromatic rings. The van der Waals surface area contributed by atoms with Crippen LogP contribution in [0.4, 0.5) is 17.1 Å². The third-order valence-corrected chi connectivity index (χ3v) is 4.27. The fraction of sp³-hybridized carbons (Fsp3) is 0.0455. The van der Waals surface area contributed by atoms with Crippen molar-refractivity contribution in [1.29, 1.82) is 0 Å². The number of benzene rings is 3. The normalized spacial score (nSPS) is 10.3. The van der Waals surface area contributed by atoms with Crippen LogP contribution in [-0.2, 0) is 0 Å². The van der Waals surface area contributed by atoms with Gasteiger partial charge in [0, 0.05) is 22.3 Å². The lowest BCUT2D eigenvalue weighted by Gasteiger charge is -2.13. The smallest absolute Gasteiger partial charge is 0.119 e. The van der Waals surface area contributed by atoms with Crippen LogP contribution < -0.4 is 15.8 Å². The highest BCUT2D eigenvalue weighted by atomic mass is 35.5. The van der Waals surface area contributed by atoms with Gasteiger partial charge in [-0.15, -0.1) is 12.4 Å². The molecule has 3 N–H and O–H groups in total. The van der Waals surface area contributed by atoms with E-state index < -0.39 is 0 Å². The molecule has 1 heterocycles. The molecule has 0 radical (unpaired) electrons. The highest BCUT2D eigenvalue weighted by molar-refractivity contribution is 5.97. The summed E-state index contributed by atoms with van der Waals surface area (Å²) in [6.07, 6.45) is 0. The number of aromatic nitrogens is 1. The molecule has 4 rings (SSSR count). The summed E-state index contributed by atoms with van der Waals surface area (Å²) in [4.78, 5) is 4.80. The van der Waals surface area contributed by atoms with Gasteiger partial charge in [-0.05, 0) is 48.5 Å². The predicted octanol–water partition coefficient (Wildman–Crippen LogP) is 5.66. The second-order valence-electron chi connectivity index (χ2n) is 6.05. The lowest BCUT2D eigenvalue weighted by molar-refractivity contribution is 0.415. The van der Waals surface area contributed by atoms with Gasteiger partial charge in [-0.2, -0.15) is 0 Å². The molecule has 1 aromatic heterocycles. The Morgan fingerprint density at radius 1 is 0.889 bits per heavy atom. The molecule has 0 aliphatic heterocycles. The number of nitrogens with one attached hydrogen (secondary N) is 1. The van der Waals surface area contributed by atoms with Crippen LogP contribution in [0.2, 0.25) is 0 Å². The zero-order valence-corrected chi connectivity index (χ0v) is 15.7. The Kier molecular flexibility index (Phi) is 5.48. The quantitative estimate of drug-likeness (QED) is 0.450. The van der Waals surface area contributed by atoms with E-state index in [9.17, 15) is 0 Å². The van der Waals surface area contributed by atoms with Gasteiger partial charge in [0.25, 0.3) is 0 Å². The Morgan fingerprint density at radius 3 is 2.33 bits per heavy atom. The average Bonchev–Trinajstić information content (AvgIpc) is 2.69. The molecular formula is C22H20ClN3O. The van der Waals surface area contributed by atoms with E-state index in [-0.39, 0.29) is 12.4 Å². The molecule has 0 spiro atoms. The first-order chi connectivity index (χ1) is 12.7. The zero-order valence-electron chi connectivity index (χ0n) is 14.8. The van der Waals surface area contributed by atoms with E-state index in [1.54, 1.807) is 7.11 Å². The fourth-order valence-electron chi connectivity index (χ4n) is 2.93. The van der Waals surface area contributed by atoms with Crippen molar-refractivity contribution in [3.05, 3.63) is 78.9 Å². The number of rotatable bonds is 4. The number of nitrogens with two attached hydrogens (primary N) is 1. The Hall–Kier alpha value is -3.24. The molecule has 0 amide bonds. The van der Waals surface area contributed by atoms with Crippen LogP contribution in [0.3, 0.4) is 0 Å². The van der Waals surface area contributed by atoms with Crippen LogP contribution in [0.15, 0.2) is 78.9 Å². The van der Waals surface area contributed by atoms with Crippen molar-refractivity contribution < 1.29 is 4.74 Å². The first kappa shape index (κ1) is 18.5. The van der Waals surface area contributed by atoms with Gasteiger partial charge in [0.15, 0.2) is 0 Å². The Morgan fingerprint density at radius 2 is 1.63 bits per heavy atom. The van der Waals surface area contributed by atoms with Gasteiger partial charge in [0.2, 0.25) is 0 Å². The van der Waals surface area contributed by atoms with E-state index in [1.807, 2.05) is 60.7 Å². The molecule has 0 saturated carbocycles. The van der Waals surface area contributed by atoms with Crippen LogP contribution in [0.1, 0.15) is 0 Å². The van der Waals surface area contributed by atoms with Crippen molar-refractivity contribution in [2.45, 2.75) is 0 Å². The molecule has 0 aliphatic rings. The van der Waals surface area contributed by atoms with Crippen LogP contribution in [0.25, 0.3) is 22.2 Å². The predicted molar refractivity (Wildman–Crippen MR) is 115 cm³/mol. The number of halogens is 1. The number of ether oxygens (including phenoxy) is 1. The van der Waals surface area contributed by atoms with Gasteiger partial charge < -0.3 is 15.8 Å². The van der Waals surface area contributed by atoms with Gasteiger partial charge in [0.05, 0.1) is 24.0 Å². The third kappa shape index (κ3) is 3.96. The topological polar surface area (TPSA) is 60.2 Å². The minimum absolute atomic E-state index is 0. The summed E-state index contributed by atoms with van der Waals surface area (Å²) < 4.78 is 5.23. The van der Waals surface area contributed by atoms with Crippen LogP contribution in [0.5, 0.6) is 5.75 Å². The maximum Gasteiger partial charge on any atom is 0.119 e. The molecule has 5 heteroatoms. The SMILES string of the molecule is COc1ccc(Nc2cc(-c3ccccc3)nc3ccc(N)cc23)cc1.Cl. The molecule has 0 bridgehead atoms. The number of methoxy groups -OCH3 is 1. The second kappa shape index (κ2) is 7.98. The van der Waals surface area contributed by atoms with Gasteiger partial charge in [-0.1, -0.05) is 30.3 Å². The van der Waals surface area contributed by atoms with Crippen molar-refractivity contribution >= 4 is 40.4 Å². The van der Waals surface area contributed by atoms with Crippen LogP contribution >= 0.6 is 12.4 Å². The van der Waals surface area contributed by atoms with E-state index >= 15 is 0 Å². The van der Waals surface area contributed by atoms with Crippen molar-refractivity contribution in [2.75, 3.05) is 18.2 Å². The summed E-state index contributed by atoms with van der Waals surface area (Å²) >= 11 is 0. The number of nitrogens with zero attached hydrogens (tertiary/aromatic N) is 1. The summed E-state index contributed by atoms with van der Waals surface area (Å²) in [5, 5.41) is 4.47. The number of hydrogen-bond donors (Lipinski definition) is 2. The van der Waals surface area contributed by atoms with Crippen LogP contribution in [0, 0.1) is 0 Å². The van der Waals surface area contributed by atoms with E-state index in [0.717, 1.165) is 39.3 Å². The maximum atomic E-state index is 6.00. The zero-order chi connectivity index (χ0) is 17.9. The molecule has 0 atom stereocenters. The monoisotopic (exact) mass is 377 g/mol. The summed E-state index contributed by atoms with van der Waals surface area (Å²) in [6, 6.07) is 25.8. The number of anilines is 3. The summed E-state index contributed by atoms with van der Waals surface area (Å²) in [5.74, 6) is 0.823. The summed E-state index contributed by atoms with van der Waals surface area (Å²) in [7, 11) is 1.66. The van der Waals surface area contributed by atoms with Gasteiger partial charge in [-0.25, -0.2) is 4.98 Å². The molecule has 3 aromatic carbocycles. The molecule has 0 fully saturated rings. The molecule has 0 saturated heterocycles. The van der Waals surface area contributed by atoms with Gasteiger partial charge in [0.1, 0.15) is 5.75 Å². The highest BCUT2D eigenvalue weighted by Gasteiger charge is 2.09. The minimum Gasteiger partial charge on any atom is -0.497 e. The van der Waals surface area contributed by atoms with E-state index in [1.165, 1.54) is 0 Å². The van der Waals surface area contributed by atoms with Crippen molar-refractivity contribution in [3.8, 4) is 17.0 Å². The molecule has 136 valence electrons. The summed E-state index contributed by atoms with van der Waals surface area (Å²) in [6.45, 7) is 0. The Balaban J connectivity index is 0.00000210. The van der Waals surface area contributed by atoms with E-state index in [4.69, 9.17) is 15.5 Å². The van der Waals surface area contributed by atoms with E-state index in [0.29, 0.717) is 5.69 Å². The highest BCUT2D eigenvalue weighted by Crippen LogP contribution is 2.32. The lowest BCUT2D eigenvalue weighted by Crippen LogP contribution is -1.96. The number of hydrogen-bond acceptors (Lipinski definition) is 4. The van der Waals surface area contributed by atoms with Gasteiger partial charge >= 0.3 is 0 Å². The first-order valence-corrected chi connectivity index (χ1v) is 8.40. The van der Waals surface area contributed by atoms with Crippen molar-refractivity contribution in [3.63, 3.8) is 0 Å². The van der Waals surface area contributed by atoms with Crippen molar-refractivity contribution in [2.24, 2.45) is 0 Å². The molecule has 27 heavy (non-hydrogen) atoms. The fourth-order valence-corrected chi connectivity index (χ4v) is 2.93. The number of nitrogen functional groups attached to an aromatic ring is 1. The molecular weight excluding hydrogens is 358 g/mol. The van der Waals surface area contributed by atoms with Gasteiger partial charge in [-0.3, -0.25) is 0 Å². The number of pyridine rings is 1. The lowest BCUT2D eigenvalue weighted by atomic mass is 10.1. The number of fused-ring (bicyclic) bond motifs is 1.